The monoisotopic (exact) mass is 349 g/mol. The Morgan fingerprint density at radius 1 is 1.32 bits per heavy atom. The molecule has 1 amide bonds. The van der Waals surface area contributed by atoms with Gasteiger partial charge in [-0.15, -0.1) is 0 Å². The number of aromatic nitrogens is 1. The molecule has 1 fully saturated rings. The van der Waals surface area contributed by atoms with Gasteiger partial charge in [-0.25, -0.2) is 0 Å². The lowest BCUT2D eigenvalue weighted by molar-refractivity contribution is -0.135. The summed E-state index contributed by atoms with van der Waals surface area (Å²) in [7, 11) is 0. The van der Waals surface area contributed by atoms with Crippen molar-refractivity contribution in [3.63, 3.8) is 0 Å². The molecule has 140 valence electrons. The zero-order valence-corrected chi connectivity index (χ0v) is 16.2. The molecule has 1 aliphatic heterocycles. The van der Waals surface area contributed by atoms with Crippen molar-refractivity contribution in [2.75, 3.05) is 13.1 Å². The molecule has 2 rings (SSSR count). The molecular formula is C19H31N3O3. The van der Waals surface area contributed by atoms with Gasteiger partial charge in [0, 0.05) is 30.9 Å². The van der Waals surface area contributed by atoms with Crippen LogP contribution in [0.1, 0.15) is 44.5 Å². The number of rotatable bonds is 5. The highest BCUT2D eigenvalue weighted by molar-refractivity contribution is 5.82. The summed E-state index contributed by atoms with van der Waals surface area (Å²) < 4.78 is 5.78. The number of ether oxygens (including phenoxy) is 1. The van der Waals surface area contributed by atoms with Gasteiger partial charge in [0.25, 0.3) is 5.56 Å². The Balaban J connectivity index is 2.10. The van der Waals surface area contributed by atoms with Crippen LogP contribution < -0.4 is 10.9 Å². The summed E-state index contributed by atoms with van der Waals surface area (Å²) in [4.78, 5) is 30.0. The average Bonchev–Trinajstić information content (AvgIpc) is 2.44. The summed E-state index contributed by atoms with van der Waals surface area (Å²) in [6.07, 6.45) is 0.222. The maximum atomic E-state index is 12.9. The van der Waals surface area contributed by atoms with Crippen LogP contribution in [0.5, 0.6) is 0 Å². The summed E-state index contributed by atoms with van der Waals surface area (Å²) in [5, 5.41) is 2.97. The third-order valence-corrected chi connectivity index (χ3v) is 4.67. The van der Waals surface area contributed by atoms with E-state index in [1.165, 1.54) is 0 Å². The number of nitrogens with zero attached hydrogens (tertiary/aromatic N) is 1. The molecule has 3 atom stereocenters. The molecule has 2 N–H and O–H groups in total. The molecule has 0 radical (unpaired) electrons. The third kappa shape index (κ3) is 4.92. The van der Waals surface area contributed by atoms with Crippen molar-refractivity contribution in [3.8, 4) is 0 Å². The molecule has 1 aromatic rings. The zero-order chi connectivity index (χ0) is 18.7. The van der Waals surface area contributed by atoms with Crippen LogP contribution in [-0.2, 0) is 16.1 Å². The first-order valence-electron chi connectivity index (χ1n) is 9.05. The second-order valence-corrected chi connectivity index (χ2v) is 7.56. The van der Waals surface area contributed by atoms with E-state index in [1.807, 2.05) is 33.8 Å². The lowest BCUT2D eigenvalue weighted by Crippen LogP contribution is -2.57. The molecule has 2 heterocycles. The average molecular weight is 349 g/mol. The Morgan fingerprint density at radius 2 is 1.92 bits per heavy atom. The van der Waals surface area contributed by atoms with Gasteiger partial charge in [0.1, 0.15) is 0 Å². The lowest BCUT2D eigenvalue weighted by atomic mass is 9.99. The number of H-pyrrole nitrogens is 1. The predicted molar refractivity (Wildman–Crippen MR) is 98.6 cm³/mol. The van der Waals surface area contributed by atoms with E-state index in [-0.39, 0.29) is 42.2 Å². The first kappa shape index (κ1) is 19.7. The molecule has 0 unspecified atom stereocenters. The number of aromatic amines is 1. The number of nitrogens with one attached hydrogen (secondary N) is 2. The molecule has 6 nitrogen and oxygen atoms in total. The molecule has 0 aliphatic carbocycles. The molecule has 1 aliphatic rings. The third-order valence-electron chi connectivity index (χ3n) is 4.67. The first-order valence-corrected chi connectivity index (χ1v) is 9.05. The molecule has 0 spiro atoms. The summed E-state index contributed by atoms with van der Waals surface area (Å²) in [5.41, 5.74) is 2.21. The second-order valence-electron chi connectivity index (χ2n) is 7.56. The lowest BCUT2D eigenvalue weighted by Gasteiger charge is -2.41. The first-order chi connectivity index (χ1) is 11.7. The molecule has 25 heavy (non-hydrogen) atoms. The smallest absolute Gasteiger partial charge is 0.253 e. The minimum Gasteiger partial charge on any atom is -0.373 e. The molecule has 0 bridgehead atoms. The van der Waals surface area contributed by atoms with Crippen LogP contribution in [0.3, 0.4) is 0 Å². The van der Waals surface area contributed by atoms with Gasteiger partial charge in [-0.2, -0.15) is 0 Å². The summed E-state index contributed by atoms with van der Waals surface area (Å²) in [5.74, 6) is 0.144. The standard InChI is InChI=1S/C19H31N3O3/c1-11(2)17(22-9-14(5)25-15(6)10-22)19(24)20-8-16-12(3)7-13(4)21-18(16)23/h7,11,14-15,17H,8-10H2,1-6H3,(H,20,24)(H,21,23)/t14-,15+,17-/m0/s1. The molecule has 0 aromatic carbocycles. The number of pyridine rings is 1. The van der Waals surface area contributed by atoms with Gasteiger partial charge in [0.2, 0.25) is 5.91 Å². The highest BCUT2D eigenvalue weighted by Crippen LogP contribution is 2.19. The van der Waals surface area contributed by atoms with Crippen molar-refractivity contribution < 1.29 is 9.53 Å². The minimum absolute atomic E-state index is 0.0318. The van der Waals surface area contributed by atoms with Gasteiger partial charge in [0.05, 0.1) is 18.2 Å². The summed E-state index contributed by atoms with van der Waals surface area (Å²) in [6, 6.07) is 1.70. The Hall–Kier alpha value is -1.66. The summed E-state index contributed by atoms with van der Waals surface area (Å²) >= 11 is 0. The molecule has 0 saturated carbocycles. The largest absolute Gasteiger partial charge is 0.373 e. The van der Waals surface area contributed by atoms with Gasteiger partial charge in [-0.1, -0.05) is 13.8 Å². The number of morpholine rings is 1. The number of hydrogen-bond acceptors (Lipinski definition) is 4. The molecule has 6 heteroatoms. The Labute approximate surface area is 150 Å². The minimum atomic E-state index is -0.223. The van der Waals surface area contributed by atoms with Crippen LogP contribution in [0.15, 0.2) is 10.9 Å². The van der Waals surface area contributed by atoms with Gasteiger partial charge in [-0.3, -0.25) is 14.5 Å². The van der Waals surface area contributed by atoms with Gasteiger partial charge >= 0.3 is 0 Å². The van der Waals surface area contributed by atoms with Crippen LogP contribution in [0, 0.1) is 19.8 Å². The fraction of sp³-hybridized carbons (Fsp3) is 0.684. The van der Waals surface area contributed by atoms with Crippen molar-refractivity contribution in [1.82, 2.24) is 15.2 Å². The van der Waals surface area contributed by atoms with Crippen molar-refractivity contribution in [1.29, 1.82) is 0 Å². The topological polar surface area (TPSA) is 74.4 Å². The number of hydrogen-bond donors (Lipinski definition) is 2. The second kappa shape index (κ2) is 8.15. The van der Waals surface area contributed by atoms with Crippen molar-refractivity contribution in [3.05, 3.63) is 33.2 Å². The SMILES string of the molecule is Cc1cc(C)c(CNC(=O)[C@H](C(C)C)N2C[C@@H](C)O[C@@H](C)C2)c(=O)[nH]1. The normalized spacial score (nSPS) is 22.8. The number of carbonyl (C=O) groups is 1. The van der Waals surface area contributed by atoms with Crippen molar-refractivity contribution >= 4 is 5.91 Å². The van der Waals surface area contributed by atoms with Crippen LogP contribution in [0.25, 0.3) is 0 Å². The highest BCUT2D eigenvalue weighted by Gasteiger charge is 2.34. The fourth-order valence-electron chi connectivity index (χ4n) is 3.72. The van der Waals surface area contributed by atoms with Crippen LogP contribution in [-0.4, -0.2) is 47.1 Å². The van der Waals surface area contributed by atoms with Gasteiger partial charge in [-0.05, 0) is 45.2 Å². The zero-order valence-electron chi connectivity index (χ0n) is 16.2. The van der Waals surface area contributed by atoms with Crippen LogP contribution >= 0.6 is 0 Å². The van der Waals surface area contributed by atoms with Crippen molar-refractivity contribution in [2.24, 2.45) is 5.92 Å². The maximum Gasteiger partial charge on any atom is 0.253 e. The van der Waals surface area contributed by atoms with E-state index >= 15 is 0 Å². The highest BCUT2D eigenvalue weighted by atomic mass is 16.5. The van der Waals surface area contributed by atoms with Crippen LogP contribution in [0.2, 0.25) is 0 Å². The van der Waals surface area contributed by atoms with E-state index in [9.17, 15) is 9.59 Å². The molecular weight excluding hydrogens is 318 g/mol. The molecule has 1 saturated heterocycles. The Bertz CT molecular complexity index is 658. The number of carbonyl (C=O) groups excluding carboxylic acids is 1. The van der Waals surface area contributed by atoms with Crippen molar-refractivity contribution in [2.45, 2.75) is 66.3 Å². The van der Waals surface area contributed by atoms with Gasteiger partial charge in [0.15, 0.2) is 0 Å². The number of aryl methyl sites for hydroxylation is 2. The van der Waals surface area contributed by atoms with E-state index < -0.39 is 0 Å². The Kier molecular flexibility index (Phi) is 6.41. The van der Waals surface area contributed by atoms with E-state index in [0.29, 0.717) is 5.56 Å². The van der Waals surface area contributed by atoms with Gasteiger partial charge < -0.3 is 15.0 Å². The Morgan fingerprint density at radius 3 is 2.44 bits per heavy atom. The predicted octanol–water partition coefficient (Wildman–Crippen LogP) is 1.74. The molecule has 1 aromatic heterocycles. The van der Waals surface area contributed by atoms with E-state index in [1.54, 1.807) is 0 Å². The fourth-order valence-corrected chi connectivity index (χ4v) is 3.72. The van der Waals surface area contributed by atoms with E-state index in [2.05, 4.69) is 29.0 Å². The maximum absolute atomic E-state index is 12.9. The number of amides is 1. The summed E-state index contributed by atoms with van der Waals surface area (Å²) in [6.45, 7) is 13.7. The van der Waals surface area contributed by atoms with E-state index in [4.69, 9.17) is 4.74 Å². The van der Waals surface area contributed by atoms with Crippen LogP contribution in [0.4, 0.5) is 0 Å². The quantitative estimate of drug-likeness (QED) is 0.849. The van der Waals surface area contributed by atoms with E-state index in [0.717, 1.165) is 24.3 Å².